The van der Waals surface area contributed by atoms with Gasteiger partial charge >= 0.3 is 0 Å². The van der Waals surface area contributed by atoms with Crippen LogP contribution in [-0.2, 0) is 10.8 Å². The Morgan fingerprint density at radius 1 is 0.667 bits per heavy atom. The number of rotatable bonds is 1. The molecule has 24 heavy (non-hydrogen) atoms. The van der Waals surface area contributed by atoms with Gasteiger partial charge in [0, 0.05) is 0 Å². The molecular formula is C24H26. The van der Waals surface area contributed by atoms with Crippen LogP contribution in [0.1, 0.15) is 51.7 Å². The SMILES string of the molecule is CC1(C)CCC(C)(C)c2cc(-c3cccc4ccccc34)ccc21. The van der Waals surface area contributed by atoms with Gasteiger partial charge in [0.2, 0.25) is 0 Å². The van der Waals surface area contributed by atoms with E-state index in [2.05, 4.69) is 88.4 Å². The average molecular weight is 314 g/mol. The third-order valence-corrected chi connectivity index (χ3v) is 5.95. The topological polar surface area (TPSA) is 0 Å². The van der Waals surface area contributed by atoms with Crippen molar-refractivity contribution >= 4 is 10.8 Å². The smallest absolute Gasteiger partial charge is 0.0100 e. The number of hydrogen-bond donors (Lipinski definition) is 0. The van der Waals surface area contributed by atoms with Crippen LogP contribution in [-0.4, -0.2) is 0 Å². The second-order valence-electron chi connectivity index (χ2n) is 8.55. The van der Waals surface area contributed by atoms with Crippen molar-refractivity contribution in [1.29, 1.82) is 0 Å². The molecule has 1 aliphatic rings. The Labute approximate surface area is 145 Å². The van der Waals surface area contributed by atoms with Crippen molar-refractivity contribution in [3.8, 4) is 11.1 Å². The quantitative estimate of drug-likeness (QED) is 0.460. The van der Waals surface area contributed by atoms with Gasteiger partial charge in [0.25, 0.3) is 0 Å². The van der Waals surface area contributed by atoms with Gasteiger partial charge < -0.3 is 0 Å². The van der Waals surface area contributed by atoms with Crippen molar-refractivity contribution in [3.05, 3.63) is 71.8 Å². The molecule has 0 fully saturated rings. The summed E-state index contributed by atoms with van der Waals surface area (Å²) in [6.07, 6.45) is 2.52. The Kier molecular flexibility index (Phi) is 3.35. The molecule has 0 amide bonds. The van der Waals surface area contributed by atoms with Crippen LogP contribution in [0.4, 0.5) is 0 Å². The molecule has 1 aliphatic carbocycles. The Balaban J connectivity index is 1.95. The van der Waals surface area contributed by atoms with Crippen molar-refractivity contribution in [1.82, 2.24) is 0 Å². The van der Waals surface area contributed by atoms with Gasteiger partial charge in [0.05, 0.1) is 0 Å². The zero-order valence-corrected chi connectivity index (χ0v) is 15.2. The lowest BCUT2D eigenvalue weighted by Crippen LogP contribution is -2.33. The second-order valence-corrected chi connectivity index (χ2v) is 8.55. The lowest BCUT2D eigenvalue weighted by atomic mass is 9.63. The van der Waals surface area contributed by atoms with E-state index < -0.39 is 0 Å². The molecule has 0 spiro atoms. The van der Waals surface area contributed by atoms with Crippen molar-refractivity contribution in [3.63, 3.8) is 0 Å². The Morgan fingerprint density at radius 3 is 2.12 bits per heavy atom. The Hall–Kier alpha value is -2.08. The van der Waals surface area contributed by atoms with Gasteiger partial charge in [0.15, 0.2) is 0 Å². The summed E-state index contributed by atoms with van der Waals surface area (Å²) in [6, 6.07) is 22.5. The highest BCUT2D eigenvalue weighted by molar-refractivity contribution is 5.96. The van der Waals surface area contributed by atoms with Crippen LogP contribution in [0.3, 0.4) is 0 Å². The molecule has 0 N–H and O–H groups in total. The van der Waals surface area contributed by atoms with Gasteiger partial charge in [-0.3, -0.25) is 0 Å². The van der Waals surface area contributed by atoms with Gasteiger partial charge in [-0.2, -0.15) is 0 Å². The molecule has 0 aromatic heterocycles. The van der Waals surface area contributed by atoms with Crippen LogP contribution in [0.2, 0.25) is 0 Å². The Morgan fingerprint density at radius 2 is 1.33 bits per heavy atom. The highest BCUT2D eigenvalue weighted by atomic mass is 14.4. The summed E-state index contributed by atoms with van der Waals surface area (Å²) in [6.45, 7) is 9.57. The van der Waals surface area contributed by atoms with E-state index in [9.17, 15) is 0 Å². The molecule has 3 aromatic carbocycles. The van der Waals surface area contributed by atoms with Crippen LogP contribution < -0.4 is 0 Å². The maximum Gasteiger partial charge on any atom is -0.0100 e. The van der Waals surface area contributed by atoms with E-state index >= 15 is 0 Å². The predicted octanol–water partition coefficient (Wildman–Crippen LogP) is 6.86. The van der Waals surface area contributed by atoms with E-state index in [1.165, 1.54) is 45.9 Å². The fraction of sp³-hybridized carbons (Fsp3) is 0.333. The van der Waals surface area contributed by atoms with E-state index in [1.807, 2.05) is 0 Å². The third-order valence-electron chi connectivity index (χ3n) is 5.95. The van der Waals surface area contributed by atoms with Crippen molar-refractivity contribution in [2.24, 2.45) is 0 Å². The maximum atomic E-state index is 2.46. The highest BCUT2D eigenvalue weighted by Crippen LogP contribution is 2.47. The minimum atomic E-state index is 0.255. The van der Waals surface area contributed by atoms with Crippen LogP contribution in [0.25, 0.3) is 21.9 Å². The van der Waals surface area contributed by atoms with Crippen molar-refractivity contribution in [2.75, 3.05) is 0 Å². The second kappa shape index (κ2) is 5.21. The summed E-state index contributed by atoms with van der Waals surface area (Å²) in [5, 5.41) is 2.65. The molecule has 3 aromatic rings. The van der Waals surface area contributed by atoms with E-state index in [0.717, 1.165) is 0 Å². The zero-order valence-electron chi connectivity index (χ0n) is 15.2. The van der Waals surface area contributed by atoms with Gasteiger partial charge in [-0.1, -0.05) is 88.4 Å². The third kappa shape index (κ3) is 2.36. The van der Waals surface area contributed by atoms with E-state index in [1.54, 1.807) is 0 Å². The van der Waals surface area contributed by atoms with E-state index in [4.69, 9.17) is 0 Å². The first kappa shape index (κ1) is 15.4. The lowest BCUT2D eigenvalue weighted by Gasteiger charge is -2.42. The molecule has 0 heteroatoms. The molecule has 0 bridgehead atoms. The molecular weight excluding hydrogens is 288 g/mol. The van der Waals surface area contributed by atoms with Crippen molar-refractivity contribution < 1.29 is 0 Å². The summed E-state index contributed by atoms with van der Waals surface area (Å²) in [5.41, 5.74) is 6.28. The standard InChI is InChI=1S/C24H26/c1-23(2)14-15-24(3,4)22-16-18(12-13-21(22)23)20-11-7-9-17-8-5-6-10-19(17)20/h5-13,16H,14-15H2,1-4H3. The molecule has 122 valence electrons. The normalized spacial score (nSPS) is 18.3. The summed E-state index contributed by atoms with van der Waals surface area (Å²) < 4.78 is 0. The van der Waals surface area contributed by atoms with Crippen LogP contribution >= 0.6 is 0 Å². The first-order valence-electron chi connectivity index (χ1n) is 9.02. The summed E-state index contributed by atoms with van der Waals surface area (Å²) in [4.78, 5) is 0. The number of benzene rings is 3. The maximum absolute atomic E-state index is 2.46. The van der Waals surface area contributed by atoms with Crippen LogP contribution in [0.5, 0.6) is 0 Å². The van der Waals surface area contributed by atoms with Gasteiger partial charge in [-0.25, -0.2) is 0 Å². The predicted molar refractivity (Wildman–Crippen MR) is 105 cm³/mol. The summed E-state index contributed by atoms with van der Waals surface area (Å²) in [5.74, 6) is 0. The zero-order chi connectivity index (χ0) is 16.9. The monoisotopic (exact) mass is 314 g/mol. The lowest BCUT2D eigenvalue weighted by molar-refractivity contribution is 0.332. The highest BCUT2D eigenvalue weighted by Gasteiger charge is 2.36. The number of hydrogen-bond acceptors (Lipinski definition) is 0. The van der Waals surface area contributed by atoms with E-state index in [-0.39, 0.29) is 10.8 Å². The largest absolute Gasteiger partial charge is 0.0616 e. The first-order valence-corrected chi connectivity index (χ1v) is 9.02. The molecule has 4 rings (SSSR count). The first-order chi connectivity index (χ1) is 11.4. The Bertz CT molecular complexity index is 907. The fourth-order valence-electron chi connectivity index (χ4n) is 4.23. The van der Waals surface area contributed by atoms with Gasteiger partial charge in [0.1, 0.15) is 0 Å². The van der Waals surface area contributed by atoms with Crippen LogP contribution in [0, 0.1) is 0 Å². The minimum absolute atomic E-state index is 0.255. The molecule has 0 saturated carbocycles. The molecule has 0 saturated heterocycles. The average Bonchev–Trinajstić information content (AvgIpc) is 2.58. The summed E-state index contributed by atoms with van der Waals surface area (Å²) >= 11 is 0. The molecule has 0 unspecified atom stereocenters. The minimum Gasteiger partial charge on any atom is -0.0616 e. The molecule has 0 nitrogen and oxygen atoms in total. The van der Waals surface area contributed by atoms with Gasteiger partial charge in [-0.05, 0) is 56.7 Å². The molecule has 0 aliphatic heterocycles. The molecule has 0 atom stereocenters. The van der Waals surface area contributed by atoms with Gasteiger partial charge in [-0.15, -0.1) is 0 Å². The number of fused-ring (bicyclic) bond motifs is 2. The molecule has 0 radical (unpaired) electrons. The molecule has 0 heterocycles. The van der Waals surface area contributed by atoms with Crippen LogP contribution in [0.15, 0.2) is 60.7 Å². The summed E-state index contributed by atoms with van der Waals surface area (Å²) in [7, 11) is 0. The fourth-order valence-corrected chi connectivity index (χ4v) is 4.23. The van der Waals surface area contributed by atoms with Crippen molar-refractivity contribution in [2.45, 2.75) is 51.4 Å². The van der Waals surface area contributed by atoms with E-state index in [0.29, 0.717) is 0 Å².